The Morgan fingerprint density at radius 3 is 1.00 bits per heavy atom. The Morgan fingerprint density at radius 1 is 0.303 bits per heavy atom. The van der Waals surface area contributed by atoms with Crippen LogP contribution in [0, 0.1) is 0 Å². The molecule has 0 saturated carbocycles. The van der Waals surface area contributed by atoms with Crippen molar-refractivity contribution in [3.05, 3.63) is 173 Å². The first kappa shape index (κ1) is 45.2. The van der Waals surface area contributed by atoms with Gasteiger partial charge in [0.2, 0.25) is 0 Å². The van der Waals surface area contributed by atoms with Crippen LogP contribution in [0.2, 0.25) is 0 Å². The Morgan fingerprint density at radius 2 is 0.636 bits per heavy atom. The normalized spacial score (nSPS) is 11.5. The van der Waals surface area contributed by atoms with Crippen LogP contribution >= 0.6 is 79.4 Å². The predicted molar refractivity (Wildman–Crippen MR) is 300 cm³/mol. The lowest BCUT2D eigenvalue weighted by molar-refractivity contribution is 0.670. The highest BCUT2D eigenvalue weighted by molar-refractivity contribution is 7.30. The van der Waals surface area contributed by atoms with E-state index in [1.54, 1.807) is 11.3 Å². The standard InChI is InChI=1S/C58H53NS7/c1-3-5-7-9-12-46-27-29-48(61-46)40-15-21-43(22-16-40)59(44-23-17-41(18-24-44)49-30-28-47(62-49)13-10-8-6-4-2)45-25-19-42(20-26-45)50-31-32-53(63-50)54-35-36-57(65-54)58-38-37-56(66-58)55-34-33-52(64-55)51-14-11-39-60-51/h11,14-39H,3-10,12-13H2,1-2H3. The molecule has 1 nitrogen and oxygen atoms in total. The van der Waals surface area contributed by atoms with Crippen LogP contribution < -0.4 is 4.90 Å². The molecule has 0 N–H and O–H groups in total. The fourth-order valence-corrected chi connectivity index (χ4v) is 15.7. The molecule has 0 aliphatic carbocycles. The minimum absolute atomic E-state index is 1.15. The summed E-state index contributed by atoms with van der Waals surface area (Å²) in [6.07, 6.45) is 12.8. The molecule has 0 aliphatic heterocycles. The van der Waals surface area contributed by atoms with E-state index < -0.39 is 0 Å². The van der Waals surface area contributed by atoms with Gasteiger partial charge in [-0.15, -0.1) is 79.4 Å². The van der Waals surface area contributed by atoms with Gasteiger partial charge in [0.1, 0.15) is 0 Å². The third kappa shape index (κ3) is 10.6. The summed E-state index contributed by atoms with van der Waals surface area (Å²) in [5.41, 5.74) is 7.27. The SMILES string of the molecule is CCCCCCc1ccc(-c2ccc(N(c3ccc(-c4ccc(CCCCCC)s4)cc3)c3ccc(-c4ccc(-c5ccc(-c6ccc(-c7ccc(-c8cccs8)s7)s6)s5)s4)cc3)cc2)s1. The van der Waals surface area contributed by atoms with E-state index in [4.69, 9.17) is 0 Å². The quantitative estimate of drug-likeness (QED) is 0.0688. The molecule has 0 amide bonds. The zero-order chi connectivity index (χ0) is 44.7. The van der Waals surface area contributed by atoms with E-state index in [-0.39, 0.29) is 0 Å². The molecule has 8 heteroatoms. The van der Waals surface area contributed by atoms with Gasteiger partial charge in [-0.25, -0.2) is 0 Å². The highest BCUT2D eigenvalue weighted by Crippen LogP contribution is 2.46. The molecule has 0 radical (unpaired) electrons. The summed E-state index contributed by atoms with van der Waals surface area (Å²) in [6.45, 7) is 4.56. The number of hydrogen-bond acceptors (Lipinski definition) is 8. The van der Waals surface area contributed by atoms with Crippen molar-refractivity contribution in [2.24, 2.45) is 0 Å². The van der Waals surface area contributed by atoms with Crippen molar-refractivity contribution in [2.45, 2.75) is 78.1 Å². The lowest BCUT2D eigenvalue weighted by Crippen LogP contribution is -2.09. The van der Waals surface area contributed by atoms with Crippen LogP contribution in [0.15, 0.2) is 163 Å². The third-order valence-corrected chi connectivity index (χ3v) is 20.5. The second kappa shape index (κ2) is 21.5. The van der Waals surface area contributed by atoms with Crippen LogP contribution in [0.4, 0.5) is 17.1 Å². The lowest BCUT2D eigenvalue weighted by Gasteiger charge is -2.26. The van der Waals surface area contributed by atoms with Crippen molar-refractivity contribution in [2.75, 3.05) is 4.90 Å². The van der Waals surface area contributed by atoms with Gasteiger partial charge in [0.05, 0.1) is 0 Å². The van der Waals surface area contributed by atoms with E-state index in [1.165, 1.54) is 144 Å². The minimum atomic E-state index is 1.15. The monoisotopic (exact) mass is 987 g/mol. The van der Waals surface area contributed by atoms with Crippen molar-refractivity contribution in [1.29, 1.82) is 0 Å². The van der Waals surface area contributed by atoms with Crippen LogP contribution in [0.1, 0.15) is 75.0 Å². The minimum Gasteiger partial charge on any atom is -0.311 e. The smallest absolute Gasteiger partial charge is 0.0462 e. The van der Waals surface area contributed by atoms with Gasteiger partial charge >= 0.3 is 0 Å². The number of hydrogen-bond donors (Lipinski definition) is 0. The Kier molecular flexibility index (Phi) is 14.7. The zero-order valence-electron chi connectivity index (χ0n) is 37.5. The fraction of sp³-hybridized carbons (Fsp3) is 0.207. The maximum absolute atomic E-state index is 2.41. The molecule has 0 unspecified atom stereocenters. The van der Waals surface area contributed by atoms with Crippen LogP contribution in [0.3, 0.4) is 0 Å². The number of unbranched alkanes of at least 4 members (excludes halogenated alkanes) is 6. The van der Waals surface area contributed by atoms with E-state index in [2.05, 4.69) is 182 Å². The second-order valence-corrected chi connectivity index (χ2v) is 24.4. The summed E-state index contributed by atoms with van der Waals surface area (Å²) in [6, 6.07) is 59.5. The summed E-state index contributed by atoms with van der Waals surface area (Å²) < 4.78 is 0. The van der Waals surface area contributed by atoms with Gasteiger partial charge in [0.25, 0.3) is 0 Å². The summed E-state index contributed by atoms with van der Waals surface area (Å²) in [4.78, 5) is 20.0. The van der Waals surface area contributed by atoms with E-state index in [0.29, 0.717) is 0 Å². The zero-order valence-corrected chi connectivity index (χ0v) is 43.2. The highest BCUT2D eigenvalue weighted by atomic mass is 32.1. The molecule has 3 aromatic carbocycles. The Bertz CT molecular complexity index is 2960. The number of benzene rings is 3. The molecule has 66 heavy (non-hydrogen) atoms. The second-order valence-electron chi connectivity index (χ2n) is 16.8. The first-order chi connectivity index (χ1) is 32.6. The third-order valence-electron chi connectivity index (χ3n) is 12.0. The highest BCUT2D eigenvalue weighted by Gasteiger charge is 2.17. The maximum atomic E-state index is 2.41. The molecule has 7 heterocycles. The number of thiophene rings is 7. The molecule has 10 aromatic rings. The molecule has 0 spiro atoms. The number of anilines is 3. The van der Waals surface area contributed by atoms with Gasteiger partial charge in [-0.3, -0.25) is 0 Å². The molecule has 0 atom stereocenters. The van der Waals surface area contributed by atoms with Crippen molar-refractivity contribution in [1.82, 2.24) is 0 Å². The largest absolute Gasteiger partial charge is 0.311 e. The number of rotatable bonds is 20. The average molecular weight is 989 g/mol. The van der Waals surface area contributed by atoms with Crippen molar-refractivity contribution in [3.63, 3.8) is 0 Å². The van der Waals surface area contributed by atoms with Crippen LogP contribution in [-0.4, -0.2) is 0 Å². The van der Waals surface area contributed by atoms with Crippen molar-refractivity contribution < 1.29 is 0 Å². The molecule has 0 aliphatic rings. The van der Waals surface area contributed by atoms with E-state index in [0.717, 1.165) is 17.1 Å². The molecule has 0 fully saturated rings. The van der Waals surface area contributed by atoms with Gasteiger partial charge in [0, 0.05) is 80.5 Å². The molecule has 332 valence electrons. The Hall–Kier alpha value is -4.64. The molecule has 0 saturated heterocycles. The molecule has 7 aromatic heterocycles. The fourth-order valence-electron chi connectivity index (χ4n) is 8.41. The van der Waals surface area contributed by atoms with Crippen molar-refractivity contribution >= 4 is 96.4 Å². The van der Waals surface area contributed by atoms with Crippen molar-refractivity contribution in [3.8, 4) is 70.3 Å². The Balaban J connectivity index is 0.871. The van der Waals surface area contributed by atoms with E-state index >= 15 is 0 Å². The molecular formula is C58H53NS7. The molecule has 10 rings (SSSR count). The maximum Gasteiger partial charge on any atom is 0.0462 e. The number of nitrogens with zero attached hydrogens (tertiary/aromatic N) is 1. The summed E-state index contributed by atoms with van der Waals surface area (Å²) in [5.74, 6) is 0. The molecule has 0 bridgehead atoms. The Labute approximate surface area is 419 Å². The first-order valence-electron chi connectivity index (χ1n) is 23.3. The lowest BCUT2D eigenvalue weighted by atomic mass is 10.1. The van der Waals surface area contributed by atoms with Crippen LogP contribution in [0.5, 0.6) is 0 Å². The van der Waals surface area contributed by atoms with E-state index in [1.807, 2.05) is 68.0 Å². The average Bonchev–Trinajstić information content (AvgIpc) is 4.21. The van der Waals surface area contributed by atoms with Gasteiger partial charge in [-0.2, -0.15) is 0 Å². The van der Waals surface area contributed by atoms with Gasteiger partial charge < -0.3 is 4.90 Å². The topological polar surface area (TPSA) is 3.24 Å². The summed E-state index contributed by atoms with van der Waals surface area (Å²) in [5, 5.41) is 2.15. The van der Waals surface area contributed by atoms with E-state index in [9.17, 15) is 0 Å². The summed E-state index contributed by atoms with van der Waals surface area (Å²) in [7, 11) is 0. The van der Waals surface area contributed by atoms with Crippen LogP contribution in [0.25, 0.3) is 70.3 Å². The first-order valence-corrected chi connectivity index (χ1v) is 29.1. The summed E-state index contributed by atoms with van der Waals surface area (Å²) >= 11 is 13.2. The predicted octanol–water partition coefficient (Wildman–Crippen LogP) is 21.5. The molecular weight excluding hydrogens is 935 g/mol. The van der Waals surface area contributed by atoms with Crippen LogP contribution in [-0.2, 0) is 12.8 Å². The van der Waals surface area contributed by atoms with Gasteiger partial charge in [0.15, 0.2) is 0 Å². The number of aryl methyl sites for hydroxylation is 2. The van der Waals surface area contributed by atoms with Gasteiger partial charge in [-0.05, 0) is 163 Å². The van der Waals surface area contributed by atoms with Gasteiger partial charge in [-0.1, -0.05) is 94.8 Å².